The Morgan fingerprint density at radius 3 is 2.03 bits per heavy atom. The van der Waals surface area contributed by atoms with Gasteiger partial charge in [-0.1, -0.05) is 88.4 Å². The molecule has 1 aliphatic carbocycles. The van der Waals surface area contributed by atoms with Gasteiger partial charge < -0.3 is 13.9 Å². The average molecular weight is 539 g/mol. The van der Waals surface area contributed by atoms with E-state index in [0.717, 1.165) is 25.7 Å². The first-order valence-corrected chi connectivity index (χ1v) is 16.1. The molecule has 0 unspecified atom stereocenters. The third kappa shape index (κ3) is 7.35. The molecule has 1 aliphatic rings. The standard InChI is InChI=1S/C32H46O5Si/c1-7-35-31(34)23-26-21-24(2)22-30(37-25(3)33)29(26)19-14-20-36-38(32(4,5)6,27-15-10-8-11-16-27)28-17-12-9-13-18-28/h8-13,15-18,24,26,29-30H,7,14,19-23H2,1-6H3/t24-,26-,29-,30+/m1/s1. The summed E-state index contributed by atoms with van der Waals surface area (Å²) in [6.07, 6.45) is 3.64. The number of carbonyl (C=O) groups is 2. The van der Waals surface area contributed by atoms with E-state index in [1.807, 2.05) is 6.92 Å². The van der Waals surface area contributed by atoms with Crippen molar-refractivity contribution in [3.8, 4) is 0 Å². The highest BCUT2D eigenvalue weighted by Gasteiger charge is 2.50. The van der Waals surface area contributed by atoms with Gasteiger partial charge in [0.25, 0.3) is 8.32 Å². The third-order valence-electron chi connectivity index (χ3n) is 7.89. The first-order chi connectivity index (χ1) is 18.1. The maximum atomic E-state index is 12.4. The highest BCUT2D eigenvalue weighted by Crippen LogP contribution is 2.41. The summed E-state index contributed by atoms with van der Waals surface area (Å²) in [4.78, 5) is 24.4. The summed E-state index contributed by atoms with van der Waals surface area (Å²) >= 11 is 0. The second-order valence-electron chi connectivity index (χ2n) is 11.8. The van der Waals surface area contributed by atoms with Crippen LogP contribution in [0.5, 0.6) is 0 Å². The number of hydrogen-bond donors (Lipinski definition) is 0. The molecule has 0 saturated heterocycles. The molecule has 1 fully saturated rings. The number of carbonyl (C=O) groups excluding carboxylic acids is 2. The lowest BCUT2D eigenvalue weighted by Gasteiger charge is -2.43. The number of hydrogen-bond acceptors (Lipinski definition) is 5. The van der Waals surface area contributed by atoms with Gasteiger partial charge in [-0.3, -0.25) is 9.59 Å². The summed E-state index contributed by atoms with van der Waals surface area (Å²) in [7, 11) is -2.60. The van der Waals surface area contributed by atoms with E-state index in [4.69, 9.17) is 13.9 Å². The molecular weight excluding hydrogens is 492 g/mol. The van der Waals surface area contributed by atoms with Crippen LogP contribution in [0.3, 0.4) is 0 Å². The maximum Gasteiger partial charge on any atom is 0.306 e. The van der Waals surface area contributed by atoms with Crippen LogP contribution >= 0.6 is 0 Å². The topological polar surface area (TPSA) is 61.8 Å². The Bertz CT molecular complexity index is 978. The number of ether oxygens (including phenoxy) is 2. The fourth-order valence-corrected chi connectivity index (χ4v) is 11.0. The molecule has 38 heavy (non-hydrogen) atoms. The number of esters is 2. The van der Waals surface area contributed by atoms with Crippen LogP contribution in [-0.2, 0) is 23.5 Å². The molecule has 4 atom stereocenters. The Balaban J connectivity index is 1.83. The van der Waals surface area contributed by atoms with Crippen molar-refractivity contribution in [3.63, 3.8) is 0 Å². The van der Waals surface area contributed by atoms with Gasteiger partial charge in [-0.15, -0.1) is 0 Å². The van der Waals surface area contributed by atoms with Gasteiger partial charge in [-0.2, -0.15) is 0 Å². The highest BCUT2D eigenvalue weighted by atomic mass is 28.4. The van der Waals surface area contributed by atoms with Crippen LogP contribution in [0, 0.1) is 17.8 Å². The van der Waals surface area contributed by atoms with Crippen molar-refractivity contribution in [2.75, 3.05) is 13.2 Å². The van der Waals surface area contributed by atoms with E-state index in [2.05, 4.69) is 88.4 Å². The molecule has 0 bridgehead atoms. The largest absolute Gasteiger partial charge is 0.466 e. The molecule has 2 aromatic rings. The van der Waals surface area contributed by atoms with Gasteiger partial charge >= 0.3 is 11.9 Å². The fraction of sp³-hybridized carbons (Fsp3) is 0.562. The molecule has 0 aliphatic heterocycles. The van der Waals surface area contributed by atoms with Gasteiger partial charge in [0.05, 0.1) is 6.61 Å². The average Bonchev–Trinajstić information content (AvgIpc) is 2.85. The molecule has 3 rings (SSSR count). The van der Waals surface area contributed by atoms with Crippen molar-refractivity contribution in [2.24, 2.45) is 17.8 Å². The molecule has 0 N–H and O–H groups in total. The van der Waals surface area contributed by atoms with E-state index in [0.29, 0.717) is 25.6 Å². The Hall–Kier alpha value is -2.44. The third-order valence-corrected chi connectivity index (χ3v) is 12.9. The van der Waals surface area contributed by atoms with Gasteiger partial charge in [0.15, 0.2) is 0 Å². The molecule has 208 valence electrons. The van der Waals surface area contributed by atoms with E-state index in [9.17, 15) is 9.59 Å². The van der Waals surface area contributed by atoms with Crippen molar-refractivity contribution in [1.29, 1.82) is 0 Å². The minimum absolute atomic E-state index is 0.0807. The zero-order chi connectivity index (χ0) is 27.8. The summed E-state index contributed by atoms with van der Waals surface area (Å²) in [5, 5.41) is 2.45. The molecule has 1 saturated carbocycles. The van der Waals surface area contributed by atoms with Crippen molar-refractivity contribution >= 4 is 30.6 Å². The van der Waals surface area contributed by atoms with Crippen LogP contribution in [0.15, 0.2) is 60.7 Å². The molecule has 0 radical (unpaired) electrons. The molecule has 2 aromatic carbocycles. The highest BCUT2D eigenvalue weighted by molar-refractivity contribution is 6.99. The second-order valence-corrected chi connectivity index (χ2v) is 16.1. The van der Waals surface area contributed by atoms with Crippen LogP contribution < -0.4 is 10.4 Å². The molecular formula is C32H46O5Si. The van der Waals surface area contributed by atoms with Crippen LogP contribution in [0.1, 0.15) is 73.6 Å². The SMILES string of the molecule is CCOC(=O)C[C@H]1C[C@@H](C)C[C@H](OC(C)=O)[C@@H]1CCCO[Si](c1ccccc1)(c1ccccc1)C(C)(C)C. The number of rotatable bonds is 11. The molecule has 6 heteroatoms. The Kier molecular flexibility index (Phi) is 10.7. The Morgan fingerprint density at radius 1 is 0.947 bits per heavy atom. The van der Waals surface area contributed by atoms with E-state index in [1.54, 1.807) is 0 Å². The van der Waals surface area contributed by atoms with Crippen molar-refractivity contribution < 1.29 is 23.5 Å². The zero-order valence-electron chi connectivity index (χ0n) is 24.1. The van der Waals surface area contributed by atoms with E-state index >= 15 is 0 Å². The summed E-state index contributed by atoms with van der Waals surface area (Å²) in [5.41, 5.74) is 0. The first kappa shape index (κ1) is 30.1. The van der Waals surface area contributed by atoms with Crippen molar-refractivity contribution in [3.05, 3.63) is 60.7 Å². The Labute approximate surface area is 230 Å². The molecule has 5 nitrogen and oxygen atoms in total. The van der Waals surface area contributed by atoms with Crippen molar-refractivity contribution in [1.82, 2.24) is 0 Å². The second kappa shape index (κ2) is 13.6. The fourth-order valence-electron chi connectivity index (χ4n) is 6.41. The first-order valence-electron chi connectivity index (χ1n) is 14.2. The predicted molar refractivity (Wildman–Crippen MR) is 155 cm³/mol. The minimum atomic E-state index is -2.60. The molecule has 0 amide bonds. The Morgan fingerprint density at radius 2 is 1.53 bits per heavy atom. The minimum Gasteiger partial charge on any atom is -0.466 e. The van der Waals surface area contributed by atoms with Gasteiger partial charge in [0.2, 0.25) is 0 Å². The predicted octanol–water partition coefficient (Wildman–Crippen LogP) is 5.89. The lowest BCUT2D eigenvalue weighted by atomic mass is 9.69. The van der Waals surface area contributed by atoms with E-state index < -0.39 is 8.32 Å². The normalized spacial score (nSPS) is 22.1. The van der Waals surface area contributed by atoms with Crippen LogP contribution in [0.25, 0.3) is 0 Å². The van der Waals surface area contributed by atoms with Crippen LogP contribution in [0.4, 0.5) is 0 Å². The lowest BCUT2D eigenvalue weighted by molar-refractivity contribution is -0.156. The lowest BCUT2D eigenvalue weighted by Crippen LogP contribution is -2.66. The van der Waals surface area contributed by atoms with E-state index in [-0.39, 0.29) is 34.9 Å². The van der Waals surface area contributed by atoms with Gasteiger partial charge in [0.1, 0.15) is 6.10 Å². The maximum absolute atomic E-state index is 12.4. The van der Waals surface area contributed by atoms with Crippen molar-refractivity contribution in [2.45, 2.75) is 84.8 Å². The molecule has 0 heterocycles. The van der Waals surface area contributed by atoms with Gasteiger partial charge in [-0.25, -0.2) is 0 Å². The van der Waals surface area contributed by atoms with E-state index in [1.165, 1.54) is 17.3 Å². The van der Waals surface area contributed by atoms with Gasteiger partial charge in [0, 0.05) is 20.0 Å². The van der Waals surface area contributed by atoms with Crippen LogP contribution in [0.2, 0.25) is 5.04 Å². The summed E-state index contributed by atoms with van der Waals surface area (Å²) < 4.78 is 18.2. The number of benzene rings is 2. The molecule has 0 spiro atoms. The van der Waals surface area contributed by atoms with Crippen LogP contribution in [-0.4, -0.2) is 39.6 Å². The molecule has 0 aromatic heterocycles. The quantitative estimate of drug-likeness (QED) is 0.203. The smallest absolute Gasteiger partial charge is 0.306 e. The zero-order valence-corrected chi connectivity index (χ0v) is 25.1. The van der Waals surface area contributed by atoms with Gasteiger partial charge in [-0.05, 0) is 65.8 Å². The monoisotopic (exact) mass is 538 g/mol. The summed E-state index contributed by atoms with van der Waals surface area (Å²) in [6.45, 7) is 13.3. The summed E-state index contributed by atoms with van der Waals surface area (Å²) in [5.74, 6) is 0.218. The summed E-state index contributed by atoms with van der Waals surface area (Å²) in [6, 6.07) is 21.3.